The molecule has 0 spiro atoms. The molecule has 3 rings (SSSR count). The van der Waals surface area contributed by atoms with Crippen molar-refractivity contribution in [2.24, 2.45) is 10.7 Å². The maximum atomic E-state index is 13.2. The quantitative estimate of drug-likeness (QED) is 0.782. The summed E-state index contributed by atoms with van der Waals surface area (Å²) < 4.78 is 0.904. The van der Waals surface area contributed by atoms with Crippen LogP contribution in [0.4, 0.5) is 0 Å². The van der Waals surface area contributed by atoms with Crippen LogP contribution >= 0.6 is 15.9 Å². The molecule has 0 aromatic heterocycles. The maximum Gasteiger partial charge on any atom is 0.266 e. The first kappa shape index (κ1) is 17.9. The van der Waals surface area contributed by atoms with Crippen LogP contribution in [0.15, 0.2) is 58.0 Å². The van der Waals surface area contributed by atoms with E-state index in [-0.39, 0.29) is 11.9 Å². The molecule has 1 atom stereocenters. The van der Waals surface area contributed by atoms with Gasteiger partial charge in [0.1, 0.15) is 0 Å². The van der Waals surface area contributed by atoms with E-state index in [9.17, 15) is 4.79 Å². The van der Waals surface area contributed by atoms with Gasteiger partial charge in [0.25, 0.3) is 5.91 Å². The molecule has 1 unspecified atom stereocenters. The zero-order chi connectivity index (χ0) is 18.4. The van der Waals surface area contributed by atoms with E-state index >= 15 is 0 Å². The number of carbonyl (C=O) groups is 1. The SMILES string of the molecule is CN1C(=O)C(c2cccc(Br)c2)(c2cccc([Si](C)(C)C)c2)N=C1N. The summed E-state index contributed by atoms with van der Waals surface area (Å²) in [6, 6.07) is 16.0. The molecule has 1 aliphatic heterocycles. The van der Waals surface area contributed by atoms with Crippen LogP contribution in [0.1, 0.15) is 11.1 Å². The van der Waals surface area contributed by atoms with Gasteiger partial charge in [-0.25, -0.2) is 4.99 Å². The molecule has 4 nitrogen and oxygen atoms in total. The number of likely N-dealkylation sites (N-methyl/N-ethyl adjacent to an activating group) is 1. The first-order chi connectivity index (χ1) is 11.7. The van der Waals surface area contributed by atoms with Crippen LogP contribution in [0.2, 0.25) is 19.6 Å². The number of hydrogen-bond donors (Lipinski definition) is 1. The van der Waals surface area contributed by atoms with Crippen LogP contribution in [0.5, 0.6) is 0 Å². The van der Waals surface area contributed by atoms with E-state index in [0.717, 1.165) is 15.6 Å². The zero-order valence-corrected chi connectivity index (χ0v) is 17.5. The zero-order valence-electron chi connectivity index (χ0n) is 14.9. The number of guanidine groups is 1. The Morgan fingerprint density at radius 2 is 1.68 bits per heavy atom. The van der Waals surface area contributed by atoms with Crippen molar-refractivity contribution in [3.63, 3.8) is 0 Å². The van der Waals surface area contributed by atoms with Gasteiger partial charge in [-0.05, 0) is 23.3 Å². The van der Waals surface area contributed by atoms with Gasteiger partial charge in [-0.1, -0.05) is 77.2 Å². The third-order valence-electron chi connectivity index (χ3n) is 4.63. The van der Waals surface area contributed by atoms with Gasteiger partial charge in [0.15, 0.2) is 11.5 Å². The molecule has 1 heterocycles. The molecule has 2 aromatic rings. The first-order valence-corrected chi connectivity index (χ1v) is 12.5. The first-order valence-electron chi connectivity index (χ1n) is 8.17. The Bertz CT molecular complexity index is 875. The molecule has 2 N–H and O–H groups in total. The van der Waals surface area contributed by atoms with Gasteiger partial charge in [-0.3, -0.25) is 9.69 Å². The Kier molecular flexibility index (Phi) is 4.37. The summed E-state index contributed by atoms with van der Waals surface area (Å²) in [7, 11) is 0.140. The highest BCUT2D eigenvalue weighted by Crippen LogP contribution is 2.39. The molecule has 1 amide bonds. The fraction of sp³-hybridized carbons (Fsp3) is 0.263. The molecular weight excluding hydrogens is 394 g/mol. The molecule has 0 fully saturated rings. The summed E-state index contributed by atoms with van der Waals surface area (Å²) in [5.41, 5.74) is 6.58. The number of carbonyl (C=O) groups excluding carboxylic acids is 1. The minimum atomic E-state index is -1.53. The summed E-state index contributed by atoms with van der Waals surface area (Å²) in [6.07, 6.45) is 0. The maximum absolute atomic E-state index is 13.2. The second-order valence-electron chi connectivity index (χ2n) is 7.39. The highest BCUT2D eigenvalue weighted by molar-refractivity contribution is 9.10. The summed E-state index contributed by atoms with van der Waals surface area (Å²) in [4.78, 5) is 19.3. The number of aliphatic imine (C=N–C) groups is 1. The monoisotopic (exact) mass is 415 g/mol. The number of nitrogens with two attached hydrogens (primary N) is 1. The van der Waals surface area contributed by atoms with Gasteiger partial charge < -0.3 is 5.73 Å². The smallest absolute Gasteiger partial charge is 0.266 e. The normalized spacial score (nSPS) is 20.8. The van der Waals surface area contributed by atoms with E-state index in [1.807, 2.05) is 36.4 Å². The average Bonchev–Trinajstić information content (AvgIpc) is 2.79. The van der Waals surface area contributed by atoms with Crippen molar-refractivity contribution < 1.29 is 4.79 Å². The van der Waals surface area contributed by atoms with Crippen LogP contribution < -0.4 is 10.9 Å². The number of nitrogens with zero attached hydrogens (tertiary/aromatic N) is 2. The lowest BCUT2D eigenvalue weighted by atomic mass is 9.83. The number of rotatable bonds is 3. The van der Waals surface area contributed by atoms with Crippen molar-refractivity contribution in [1.29, 1.82) is 0 Å². The van der Waals surface area contributed by atoms with Crippen LogP contribution in [-0.2, 0) is 10.3 Å². The second-order valence-corrected chi connectivity index (χ2v) is 13.4. The van der Waals surface area contributed by atoms with E-state index in [2.05, 4.69) is 52.7 Å². The van der Waals surface area contributed by atoms with Crippen molar-refractivity contribution >= 4 is 41.1 Å². The topological polar surface area (TPSA) is 58.7 Å². The molecule has 0 saturated heterocycles. The predicted molar refractivity (Wildman–Crippen MR) is 109 cm³/mol. The number of benzene rings is 2. The van der Waals surface area contributed by atoms with Gasteiger partial charge in [0.2, 0.25) is 0 Å². The molecular formula is C19H22BrN3OSi. The third-order valence-corrected chi connectivity index (χ3v) is 7.17. The van der Waals surface area contributed by atoms with Crippen molar-refractivity contribution in [1.82, 2.24) is 4.90 Å². The van der Waals surface area contributed by atoms with E-state index in [1.54, 1.807) is 7.05 Å². The van der Waals surface area contributed by atoms with Crippen LogP contribution in [0, 0.1) is 0 Å². The highest BCUT2D eigenvalue weighted by Gasteiger charge is 2.49. The Morgan fingerprint density at radius 1 is 1.08 bits per heavy atom. The minimum absolute atomic E-state index is 0.129. The summed E-state index contributed by atoms with van der Waals surface area (Å²) in [5.74, 6) is 0.110. The van der Waals surface area contributed by atoms with E-state index < -0.39 is 13.6 Å². The lowest BCUT2D eigenvalue weighted by Gasteiger charge is -2.28. The van der Waals surface area contributed by atoms with Crippen molar-refractivity contribution in [3.05, 3.63) is 64.1 Å². The minimum Gasteiger partial charge on any atom is -0.369 e. The molecule has 0 aliphatic carbocycles. The molecule has 0 saturated carbocycles. The van der Waals surface area contributed by atoms with Gasteiger partial charge in [0.05, 0.1) is 8.07 Å². The van der Waals surface area contributed by atoms with Crippen molar-refractivity contribution in [2.75, 3.05) is 7.05 Å². The Labute approximate surface area is 157 Å². The largest absolute Gasteiger partial charge is 0.369 e. The molecule has 0 radical (unpaired) electrons. The molecule has 2 aromatic carbocycles. The summed E-state index contributed by atoms with van der Waals surface area (Å²) >= 11 is 3.50. The van der Waals surface area contributed by atoms with E-state index in [4.69, 9.17) is 5.73 Å². The number of hydrogen-bond acceptors (Lipinski definition) is 3. The molecule has 6 heteroatoms. The lowest BCUT2D eigenvalue weighted by molar-refractivity contribution is -0.129. The lowest BCUT2D eigenvalue weighted by Crippen LogP contribution is -2.43. The molecule has 1 aliphatic rings. The average molecular weight is 416 g/mol. The third kappa shape index (κ3) is 2.93. The number of halogens is 1. The molecule has 0 bridgehead atoms. The van der Waals surface area contributed by atoms with E-state index in [0.29, 0.717) is 0 Å². The molecule has 130 valence electrons. The standard InChI is InChI=1S/C19H22BrN3OSi/c1-23-17(24)19(22-18(23)21,13-7-5-9-15(20)11-13)14-8-6-10-16(12-14)25(2,3)4/h5-12H,1-4H3,(H2,21,22). The summed E-state index contributed by atoms with van der Waals surface area (Å²) in [5, 5.41) is 1.29. The van der Waals surface area contributed by atoms with Crippen molar-refractivity contribution in [2.45, 2.75) is 25.2 Å². The Balaban J connectivity index is 2.30. The van der Waals surface area contributed by atoms with Crippen LogP contribution in [0.25, 0.3) is 0 Å². The van der Waals surface area contributed by atoms with Crippen molar-refractivity contribution in [3.8, 4) is 0 Å². The fourth-order valence-corrected chi connectivity index (χ4v) is 4.69. The predicted octanol–water partition coefficient (Wildman–Crippen LogP) is 3.02. The second kappa shape index (κ2) is 6.11. The van der Waals surface area contributed by atoms with Crippen LogP contribution in [0.3, 0.4) is 0 Å². The Morgan fingerprint density at radius 3 is 2.20 bits per heavy atom. The summed E-state index contributed by atoms with van der Waals surface area (Å²) in [6.45, 7) is 6.87. The Hall–Kier alpha value is -1.92. The molecule has 25 heavy (non-hydrogen) atoms. The van der Waals surface area contributed by atoms with E-state index in [1.165, 1.54) is 10.1 Å². The van der Waals surface area contributed by atoms with Crippen LogP contribution in [-0.4, -0.2) is 31.9 Å². The fourth-order valence-electron chi connectivity index (χ4n) is 3.11. The number of amides is 1. The van der Waals surface area contributed by atoms with Gasteiger partial charge in [-0.2, -0.15) is 0 Å². The van der Waals surface area contributed by atoms with Gasteiger partial charge in [-0.15, -0.1) is 0 Å². The van der Waals surface area contributed by atoms with Gasteiger partial charge in [0, 0.05) is 11.5 Å². The van der Waals surface area contributed by atoms with Gasteiger partial charge >= 0.3 is 0 Å². The highest BCUT2D eigenvalue weighted by atomic mass is 79.9.